The van der Waals surface area contributed by atoms with Gasteiger partial charge in [0, 0.05) is 16.2 Å². The van der Waals surface area contributed by atoms with E-state index in [0.29, 0.717) is 0 Å². The first kappa shape index (κ1) is 19.2. The van der Waals surface area contributed by atoms with Crippen molar-refractivity contribution in [3.63, 3.8) is 0 Å². The molecular formula is C24H24NOP. The molecule has 0 aliphatic heterocycles. The normalized spacial score (nSPS) is 12.3. The summed E-state index contributed by atoms with van der Waals surface area (Å²) in [7, 11) is -3.01. The maximum absolute atomic E-state index is 14.2. The van der Waals surface area contributed by atoms with Crippen LogP contribution in [0.4, 0.5) is 0 Å². The Bertz CT molecular complexity index is 913. The quantitative estimate of drug-likeness (QED) is 0.524. The van der Waals surface area contributed by atoms with Crippen molar-refractivity contribution in [1.82, 2.24) is 5.09 Å². The molecule has 3 aromatic carbocycles. The molecule has 0 aliphatic carbocycles. The molecule has 3 aromatic rings. The Morgan fingerprint density at radius 2 is 1.19 bits per heavy atom. The van der Waals surface area contributed by atoms with Gasteiger partial charge in [-0.05, 0) is 42.3 Å². The molecule has 0 bridgehead atoms. The van der Waals surface area contributed by atoms with Gasteiger partial charge in [-0.2, -0.15) is 0 Å². The second-order valence-corrected chi connectivity index (χ2v) is 9.28. The van der Waals surface area contributed by atoms with Crippen LogP contribution in [0.15, 0.2) is 91.0 Å². The summed E-state index contributed by atoms with van der Waals surface area (Å²) in [6.45, 7) is 4.19. The predicted octanol–water partition coefficient (Wildman–Crippen LogP) is 4.58. The highest BCUT2D eigenvalue weighted by Gasteiger charge is 2.30. The Hall–Kier alpha value is -2.59. The summed E-state index contributed by atoms with van der Waals surface area (Å²) in [4.78, 5) is 0. The van der Waals surface area contributed by atoms with Gasteiger partial charge >= 0.3 is 0 Å². The molecule has 3 heteroatoms. The number of hydrogen-bond donors (Lipinski definition) is 1. The van der Waals surface area contributed by atoms with Crippen LogP contribution >= 0.6 is 7.29 Å². The fourth-order valence-corrected chi connectivity index (χ4v) is 5.34. The molecule has 1 N–H and O–H groups in total. The number of hydrogen-bond acceptors (Lipinski definition) is 1. The van der Waals surface area contributed by atoms with Crippen LogP contribution in [0.5, 0.6) is 0 Å². The zero-order chi connectivity index (χ0) is 19.1. The molecule has 27 heavy (non-hydrogen) atoms. The third-order valence-electron chi connectivity index (χ3n) is 4.37. The van der Waals surface area contributed by atoms with Crippen LogP contribution in [0.1, 0.15) is 19.4 Å². The number of rotatable bonds is 5. The summed E-state index contributed by atoms with van der Waals surface area (Å²) >= 11 is 0. The Balaban J connectivity index is 2.00. The molecule has 2 nitrogen and oxygen atoms in total. The van der Waals surface area contributed by atoms with Gasteiger partial charge in [0.05, 0.1) is 6.04 Å². The molecule has 1 atom stereocenters. The highest BCUT2D eigenvalue weighted by atomic mass is 31.2. The van der Waals surface area contributed by atoms with Gasteiger partial charge in [-0.15, -0.1) is 0 Å². The van der Waals surface area contributed by atoms with E-state index in [9.17, 15) is 4.57 Å². The summed E-state index contributed by atoms with van der Waals surface area (Å²) in [5.74, 6) is 6.73. The van der Waals surface area contributed by atoms with Crippen LogP contribution in [-0.2, 0) is 4.57 Å². The molecule has 136 valence electrons. The van der Waals surface area contributed by atoms with Crippen molar-refractivity contribution in [2.24, 2.45) is 5.92 Å². The fourth-order valence-electron chi connectivity index (χ4n) is 2.80. The summed E-state index contributed by atoms with van der Waals surface area (Å²) in [5.41, 5.74) is 0.958. The molecule has 0 heterocycles. The smallest absolute Gasteiger partial charge is 0.205 e. The zero-order valence-corrected chi connectivity index (χ0v) is 16.6. The number of benzene rings is 3. The van der Waals surface area contributed by atoms with Crippen molar-refractivity contribution < 1.29 is 4.57 Å². The van der Waals surface area contributed by atoms with Crippen molar-refractivity contribution in [1.29, 1.82) is 0 Å². The van der Waals surface area contributed by atoms with Crippen molar-refractivity contribution in [3.8, 4) is 11.8 Å². The van der Waals surface area contributed by atoms with Crippen molar-refractivity contribution >= 4 is 17.9 Å². The van der Waals surface area contributed by atoms with Gasteiger partial charge < -0.3 is 0 Å². The minimum Gasteiger partial charge on any atom is -0.296 e. The maximum Gasteiger partial charge on any atom is 0.205 e. The first-order valence-electron chi connectivity index (χ1n) is 9.15. The van der Waals surface area contributed by atoms with E-state index in [0.717, 1.165) is 16.2 Å². The van der Waals surface area contributed by atoms with Crippen molar-refractivity contribution in [2.75, 3.05) is 0 Å². The van der Waals surface area contributed by atoms with Gasteiger partial charge in [0.2, 0.25) is 7.29 Å². The second-order valence-electron chi connectivity index (χ2n) is 6.77. The topological polar surface area (TPSA) is 29.1 Å². The zero-order valence-electron chi connectivity index (χ0n) is 15.7. The Labute approximate surface area is 162 Å². The lowest BCUT2D eigenvalue weighted by atomic mass is 10.1. The number of nitrogens with one attached hydrogen (secondary N) is 1. The summed E-state index contributed by atoms with van der Waals surface area (Å²) in [6, 6.07) is 28.9. The molecule has 0 fully saturated rings. The summed E-state index contributed by atoms with van der Waals surface area (Å²) in [5, 5.41) is 5.00. The molecule has 0 saturated heterocycles. The molecule has 0 spiro atoms. The summed E-state index contributed by atoms with van der Waals surface area (Å²) in [6.07, 6.45) is 0. The van der Waals surface area contributed by atoms with Crippen LogP contribution in [0.3, 0.4) is 0 Å². The minimum absolute atomic E-state index is 0.198. The Morgan fingerprint density at radius 1 is 0.741 bits per heavy atom. The lowest BCUT2D eigenvalue weighted by Gasteiger charge is -2.26. The van der Waals surface area contributed by atoms with E-state index in [2.05, 4.69) is 30.8 Å². The molecule has 0 aromatic heterocycles. The van der Waals surface area contributed by atoms with Crippen molar-refractivity contribution in [3.05, 3.63) is 96.6 Å². The first-order valence-corrected chi connectivity index (χ1v) is 10.9. The fraction of sp³-hybridized carbons (Fsp3) is 0.167. The third-order valence-corrected chi connectivity index (χ3v) is 7.07. The minimum atomic E-state index is -3.01. The van der Waals surface area contributed by atoms with Crippen LogP contribution in [-0.4, -0.2) is 6.04 Å². The highest BCUT2D eigenvalue weighted by Crippen LogP contribution is 2.39. The maximum atomic E-state index is 14.2. The molecule has 1 unspecified atom stereocenters. The van der Waals surface area contributed by atoms with Gasteiger partial charge in [0.25, 0.3) is 0 Å². The molecule has 0 saturated carbocycles. The molecule has 0 aliphatic rings. The van der Waals surface area contributed by atoms with Crippen LogP contribution in [0, 0.1) is 17.8 Å². The van der Waals surface area contributed by atoms with Crippen LogP contribution in [0.2, 0.25) is 0 Å². The predicted molar refractivity (Wildman–Crippen MR) is 115 cm³/mol. The van der Waals surface area contributed by atoms with E-state index in [1.165, 1.54) is 0 Å². The summed E-state index contributed by atoms with van der Waals surface area (Å²) < 4.78 is 14.2. The first-order chi connectivity index (χ1) is 13.1. The highest BCUT2D eigenvalue weighted by molar-refractivity contribution is 7.76. The van der Waals surface area contributed by atoms with Gasteiger partial charge in [-0.25, -0.2) is 5.09 Å². The Morgan fingerprint density at radius 3 is 1.63 bits per heavy atom. The largest absolute Gasteiger partial charge is 0.296 e. The second kappa shape index (κ2) is 8.87. The molecule has 3 rings (SSSR count). The van der Waals surface area contributed by atoms with Crippen LogP contribution < -0.4 is 15.7 Å². The van der Waals surface area contributed by atoms with Gasteiger partial charge in [0.15, 0.2) is 0 Å². The van der Waals surface area contributed by atoms with Gasteiger partial charge in [-0.1, -0.05) is 80.3 Å². The average molecular weight is 373 g/mol. The SMILES string of the molecule is CC(C)C(C#Cc1ccccc1)NP(=O)(c1ccccc1)c1ccccc1. The van der Waals surface area contributed by atoms with E-state index < -0.39 is 7.29 Å². The van der Waals surface area contributed by atoms with Gasteiger partial charge in [-0.3, -0.25) is 4.57 Å². The Kier molecular flexibility index (Phi) is 6.30. The standard InChI is InChI=1S/C24H24NOP/c1-20(2)24(19-18-21-12-6-3-7-13-21)25-27(26,22-14-8-4-9-15-22)23-16-10-5-11-17-23/h3-17,20,24H,1-2H3,(H,25,26). The molecular weight excluding hydrogens is 349 g/mol. The molecule has 0 amide bonds. The average Bonchev–Trinajstić information content (AvgIpc) is 2.73. The van der Waals surface area contributed by atoms with Crippen molar-refractivity contribution in [2.45, 2.75) is 19.9 Å². The van der Waals surface area contributed by atoms with Gasteiger partial charge in [0.1, 0.15) is 0 Å². The third kappa shape index (κ3) is 4.77. The van der Waals surface area contributed by atoms with Crippen LogP contribution in [0.25, 0.3) is 0 Å². The van der Waals surface area contributed by atoms with E-state index in [4.69, 9.17) is 0 Å². The van der Waals surface area contributed by atoms with E-state index >= 15 is 0 Å². The lowest BCUT2D eigenvalue weighted by molar-refractivity contribution is 0.525. The van der Waals surface area contributed by atoms with E-state index in [-0.39, 0.29) is 12.0 Å². The van der Waals surface area contributed by atoms with E-state index in [1.807, 2.05) is 91.0 Å². The lowest BCUT2D eigenvalue weighted by Crippen LogP contribution is -2.37. The molecule has 0 radical (unpaired) electrons. The van der Waals surface area contributed by atoms with E-state index in [1.54, 1.807) is 0 Å². The monoisotopic (exact) mass is 373 g/mol.